The summed E-state index contributed by atoms with van der Waals surface area (Å²) in [7, 11) is 1.46. The largest absolute Gasteiger partial charge is 0.341 e. The van der Waals surface area contributed by atoms with Crippen LogP contribution in [-0.4, -0.2) is 38.8 Å². The van der Waals surface area contributed by atoms with E-state index in [1.807, 2.05) is 28.7 Å². The summed E-state index contributed by atoms with van der Waals surface area (Å²) >= 11 is 2.81. The Morgan fingerprint density at radius 1 is 1.32 bits per heavy atom. The predicted octanol–water partition coefficient (Wildman–Crippen LogP) is 1.88. The van der Waals surface area contributed by atoms with Crippen molar-refractivity contribution in [2.24, 2.45) is 0 Å². The Morgan fingerprint density at radius 2 is 2.09 bits per heavy atom. The number of carbonyl (C=O) groups excluding carboxylic acids is 2. The standard InChI is InChI=1S/C13H13N5O2S2/c1-7(10(19)15-11(20)14-2)21-12-16-17-13-18(12)8-5-3-4-6-9(8)22-13/h3-7H,1-2H3,(H2,14,15,19,20). The molecule has 9 heteroatoms. The summed E-state index contributed by atoms with van der Waals surface area (Å²) in [6, 6.07) is 7.40. The average molecular weight is 335 g/mol. The number of nitrogens with zero attached hydrogens (tertiary/aromatic N) is 3. The van der Waals surface area contributed by atoms with Crippen LogP contribution in [-0.2, 0) is 4.79 Å². The Labute approximate surface area is 134 Å². The molecule has 0 aliphatic heterocycles. The summed E-state index contributed by atoms with van der Waals surface area (Å²) in [6.07, 6.45) is 0. The molecule has 114 valence electrons. The van der Waals surface area contributed by atoms with Gasteiger partial charge in [0.15, 0.2) is 5.16 Å². The number of imide groups is 1. The number of urea groups is 1. The number of hydrogen-bond donors (Lipinski definition) is 2. The van der Waals surface area contributed by atoms with Gasteiger partial charge in [-0.2, -0.15) is 0 Å². The van der Waals surface area contributed by atoms with Crippen LogP contribution in [0.3, 0.4) is 0 Å². The van der Waals surface area contributed by atoms with E-state index in [1.54, 1.807) is 18.3 Å². The van der Waals surface area contributed by atoms with Crippen LogP contribution in [0.2, 0.25) is 0 Å². The monoisotopic (exact) mass is 335 g/mol. The quantitative estimate of drug-likeness (QED) is 0.714. The fourth-order valence-electron chi connectivity index (χ4n) is 1.92. The minimum Gasteiger partial charge on any atom is -0.341 e. The van der Waals surface area contributed by atoms with Gasteiger partial charge in [0, 0.05) is 7.05 Å². The molecule has 2 heterocycles. The van der Waals surface area contributed by atoms with Gasteiger partial charge in [0.05, 0.1) is 15.5 Å². The first-order chi connectivity index (χ1) is 10.6. The first kappa shape index (κ1) is 14.8. The highest BCUT2D eigenvalue weighted by Crippen LogP contribution is 2.30. The molecule has 0 aliphatic carbocycles. The average Bonchev–Trinajstić information content (AvgIpc) is 3.06. The van der Waals surface area contributed by atoms with E-state index >= 15 is 0 Å². The Balaban J connectivity index is 1.87. The summed E-state index contributed by atoms with van der Waals surface area (Å²) in [4.78, 5) is 23.9. The van der Waals surface area contributed by atoms with Gasteiger partial charge in [-0.25, -0.2) is 4.79 Å². The third kappa shape index (κ3) is 2.64. The van der Waals surface area contributed by atoms with Crippen LogP contribution < -0.4 is 10.6 Å². The first-order valence-electron chi connectivity index (χ1n) is 6.52. The molecule has 0 saturated carbocycles. The summed E-state index contributed by atoms with van der Waals surface area (Å²) in [5, 5.41) is 13.0. The van der Waals surface area contributed by atoms with Crippen molar-refractivity contribution >= 4 is 50.2 Å². The SMILES string of the molecule is CNC(=O)NC(=O)C(C)Sc1nnc2sc3ccccc3n12. The highest BCUT2D eigenvalue weighted by Gasteiger charge is 2.21. The molecule has 7 nitrogen and oxygen atoms in total. The Kier molecular flexibility index (Phi) is 3.99. The van der Waals surface area contributed by atoms with Gasteiger partial charge in [-0.1, -0.05) is 35.2 Å². The van der Waals surface area contributed by atoms with Crippen molar-refractivity contribution in [1.29, 1.82) is 0 Å². The van der Waals surface area contributed by atoms with Crippen LogP contribution >= 0.6 is 23.1 Å². The molecule has 0 bridgehead atoms. The van der Waals surface area contributed by atoms with Crippen molar-refractivity contribution in [2.45, 2.75) is 17.3 Å². The van der Waals surface area contributed by atoms with Crippen molar-refractivity contribution in [3.63, 3.8) is 0 Å². The molecule has 0 saturated heterocycles. The number of fused-ring (bicyclic) bond motifs is 3. The smallest absolute Gasteiger partial charge is 0.321 e. The van der Waals surface area contributed by atoms with Gasteiger partial charge in [0.2, 0.25) is 10.9 Å². The van der Waals surface area contributed by atoms with E-state index in [0.717, 1.165) is 15.2 Å². The van der Waals surface area contributed by atoms with Gasteiger partial charge in [-0.05, 0) is 19.1 Å². The lowest BCUT2D eigenvalue weighted by atomic mass is 10.3. The highest BCUT2D eigenvalue weighted by atomic mass is 32.2. The fourth-order valence-corrected chi connectivity index (χ4v) is 3.80. The van der Waals surface area contributed by atoms with Gasteiger partial charge in [-0.3, -0.25) is 14.5 Å². The second-order valence-electron chi connectivity index (χ2n) is 4.50. The number of benzene rings is 1. The van der Waals surface area contributed by atoms with Crippen molar-refractivity contribution in [3.05, 3.63) is 24.3 Å². The maximum atomic E-state index is 11.9. The molecular formula is C13H13N5O2S2. The number of rotatable bonds is 3. The second kappa shape index (κ2) is 5.93. The molecule has 3 amide bonds. The Hall–Kier alpha value is -2.13. The summed E-state index contributed by atoms with van der Waals surface area (Å²) < 4.78 is 3.03. The molecule has 2 aromatic heterocycles. The molecule has 0 spiro atoms. The molecule has 22 heavy (non-hydrogen) atoms. The van der Waals surface area contributed by atoms with Crippen molar-refractivity contribution in [2.75, 3.05) is 7.05 Å². The number of thioether (sulfide) groups is 1. The molecule has 1 aromatic carbocycles. The van der Waals surface area contributed by atoms with Gasteiger partial charge in [-0.15, -0.1) is 10.2 Å². The molecule has 0 fully saturated rings. The minimum absolute atomic E-state index is 0.374. The number of nitrogens with one attached hydrogen (secondary N) is 2. The molecule has 3 rings (SSSR count). The van der Waals surface area contributed by atoms with Gasteiger partial charge in [0.25, 0.3) is 0 Å². The van der Waals surface area contributed by atoms with E-state index in [0.29, 0.717) is 5.16 Å². The summed E-state index contributed by atoms with van der Waals surface area (Å²) in [5.74, 6) is -0.374. The molecule has 1 atom stereocenters. The maximum Gasteiger partial charge on any atom is 0.321 e. The van der Waals surface area contributed by atoms with Crippen LogP contribution in [0.1, 0.15) is 6.92 Å². The number of aromatic nitrogens is 3. The van der Waals surface area contributed by atoms with Crippen molar-refractivity contribution < 1.29 is 9.59 Å². The maximum absolute atomic E-state index is 11.9. The molecule has 0 radical (unpaired) electrons. The first-order valence-corrected chi connectivity index (χ1v) is 8.21. The van der Waals surface area contributed by atoms with E-state index in [2.05, 4.69) is 20.8 Å². The zero-order valence-corrected chi connectivity index (χ0v) is 13.5. The Morgan fingerprint density at radius 3 is 2.86 bits per heavy atom. The molecular weight excluding hydrogens is 322 g/mol. The van der Waals surface area contributed by atoms with Crippen LogP contribution in [0, 0.1) is 0 Å². The lowest BCUT2D eigenvalue weighted by molar-refractivity contribution is -0.119. The zero-order valence-electron chi connectivity index (χ0n) is 11.9. The predicted molar refractivity (Wildman–Crippen MR) is 86.3 cm³/mol. The molecule has 0 aliphatic rings. The van der Waals surface area contributed by atoms with E-state index in [4.69, 9.17) is 0 Å². The summed E-state index contributed by atoms with van der Waals surface area (Å²) in [5.41, 5.74) is 1.01. The number of carbonyl (C=O) groups is 2. The normalized spacial score (nSPS) is 12.5. The Bertz CT molecular complexity index is 856. The number of para-hydroxylation sites is 1. The third-order valence-corrected chi connectivity index (χ3v) is 5.08. The van der Waals surface area contributed by atoms with Crippen LogP contribution in [0.15, 0.2) is 29.4 Å². The summed E-state index contributed by atoms with van der Waals surface area (Å²) in [6.45, 7) is 1.72. The minimum atomic E-state index is -0.523. The molecule has 3 aromatic rings. The van der Waals surface area contributed by atoms with E-state index in [9.17, 15) is 9.59 Å². The molecule has 2 N–H and O–H groups in total. The van der Waals surface area contributed by atoms with Crippen molar-refractivity contribution in [1.82, 2.24) is 25.2 Å². The van der Waals surface area contributed by atoms with Crippen molar-refractivity contribution in [3.8, 4) is 0 Å². The van der Waals surface area contributed by atoms with E-state index in [1.165, 1.54) is 18.8 Å². The van der Waals surface area contributed by atoms with E-state index < -0.39 is 11.3 Å². The number of amides is 3. The van der Waals surface area contributed by atoms with E-state index in [-0.39, 0.29) is 5.91 Å². The number of thiazole rings is 1. The fraction of sp³-hybridized carbons (Fsp3) is 0.231. The third-order valence-electron chi connectivity index (χ3n) is 3.03. The zero-order chi connectivity index (χ0) is 15.7. The lowest BCUT2D eigenvalue weighted by Gasteiger charge is -2.09. The van der Waals surface area contributed by atoms with Crippen LogP contribution in [0.5, 0.6) is 0 Å². The highest BCUT2D eigenvalue weighted by molar-refractivity contribution is 8.00. The lowest BCUT2D eigenvalue weighted by Crippen LogP contribution is -2.41. The van der Waals surface area contributed by atoms with Gasteiger partial charge in [0.1, 0.15) is 0 Å². The number of hydrogen-bond acceptors (Lipinski definition) is 6. The molecule has 1 unspecified atom stereocenters. The second-order valence-corrected chi connectivity index (χ2v) is 6.82. The van der Waals surface area contributed by atoms with Gasteiger partial charge >= 0.3 is 6.03 Å². The van der Waals surface area contributed by atoms with Crippen LogP contribution in [0.25, 0.3) is 15.2 Å². The van der Waals surface area contributed by atoms with Gasteiger partial charge < -0.3 is 5.32 Å². The van der Waals surface area contributed by atoms with Crippen LogP contribution in [0.4, 0.5) is 4.79 Å². The topological polar surface area (TPSA) is 88.4 Å².